The second-order valence-electron chi connectivity index (χ2n) is 5.18. The van der Waals surface area contributed by atoms with Gasteiger partial charge >= 0.3 is 0 Å². The fourth-order valence-corrected chi connectivity index (χ4v) is 2.68. The Morgan fingerprint density at radius 3 is 2.26 bits per heavy atom. The van der Waals surface area contributed by atoms with E-state index in [2.05, 4.69) is 9.88 Å². The van der Waals surface area contributed by atoms with Crippen LogP contribution in [0.1, 0.15) is 55.8 Å². The highest BCUT2D eigenvalue weighted by Crippen LogP contribution is 2.24. The van der Waals surface area contributed by atoms with Crippen LogP contribution in [-0.4, -0.2) is 23.9 Å². The molecule has 104 valence electrons. The Morgan fingerprint density at radius 1 is 1.11 bits per heavy atom. The van der Waals surface area contributed by atoms with Crippen LogP contribution in [0.25, 0.3) is 0 Å². The van der Waals surface area contributed by atoms with Crippen molar-refractivity contribution in [1.82, 2.24) is 4.98 Å². The van der Waals surface area contributed by atoms with Crippen molar-refractivity contribution in [3.05, 3.63) is 23.8 Å². The molecule has 2 heterocycles. The third-order valence-electron chi connectivity index (χ3n) is 3.68. The van der Waals surface area contributed by atoms with E-state index in [0.29, 0.717) is 5.69 Å². The van der Waals surface area contributed by atoms with E-state index in [1.54, 1.807) is 6.20 Å². The molecule has 2 rings (SSSR count). The molecule has 0 radical (unpaired) electrons. The summed E-state index contributed by atoms with van der Waals surface area (Å²) < 4.78 is 13.8. The number of halogens is 1. The monoisotopic (exact) mass is 264 g/mol. The normalized spacial score (nSPS) is 17.5. The molecule has 3 nitrogen and oxygen atoms in total. The standard InChI is InChI=1S/C15H21FN2O/c1-12(19)15-13(16)10-17-11-14(15)18-8-6-4-2-3-5-7-9-18/h10-11H,2-9H2,1H3. The Morgan fingerprint density at radius 2 is 1.68 bits per heavy atom. The number of aromatic nitrogens is 1. The van der Waals surface area contributed by atoms with Gasteiger partial charge in [-0.25, -0.2) is 4.39 Å². The lowest BCUT2D eigenvalue weighted by molar-refractivity contribution is 0.101. The van der Waals surface area contributed by atoms with Crippen LogP contribution in [0, 0.1) is 5.82 Å². The van der Waals surface area contributed by atoms with E-state index in [-0.39, 0.29) is 11.3 Å². The van der Waals surface area contributed by atoms with E-state index >= 15 is 0 Å². The zero-order chi connectivity index (χ0) is 13.7. The first-order chi connectivity index (χ1) is 9.20. The van der Waals surface area contributed by atoms with Gasteiger partial charge in [-0.05, 0) is 19.8 Å². The number of rotatable bonds is 2. The first-order valence-corrected chi connectivity index (χ1v) is 7.09. The average molecular weight is 264 g/mol. The van der Waals surface area contributed by atoms with Gasteiger partial charge in [-0.1, -0.05) is 25.7 Å². The van der Waals surface area contributed by atoms with Gasteiger partial charge in [0.1, 0.15) is 0 Å². The molecule has 1 aromatic rings. The molecule has 19 heavy (non-hydrogen) atoms. The number of Topliss-reactive ketones (excluding diaryl/α,β-unsaturated/α-hetero) is 1. The highest BCUT2D eigenvalue weighted by Gasteiger charge is 2.19. The van der Waals surface area contributed by atoms with Crippen LogP contribution in [0.2, 0.25) is 0 Å². The van der Waals surface area contributed by atoms with E-state index in [4.69, 9.17) is 0 Å². The number of carbonyl (C=O) groups excluding carboxylic acids is 1. The molecule has 1 aliphatic heterocycles. The summed E-state index contributed by atoms with van der Waals surface area (Å²) in [5, 5.41) is 0. The lowest BCUT2D eigenvalue weighted by Crippen LogP contribution is -2.27. The maximum Gasteiger partial charge on any atom is 0.164 e. The first kappa shape index (κ1) is 14.0. The van der Waals surface area contributed by atoms with E-state index in [9.17, 15) is 9.18 Å². The Bertz CT molecular complexity index is 438. The van der Waals surface area contributed by atoms with Crippen molar-refractivity contribution in [2.75, 3.05) is 18.0 Å². The van der Waals surface area contributed by atoms with E-state index in [0.717, 1.165) is 32.1 Å². The summed E-state index contributed by atoms with van der Waals surface area (Å²) in [4.78, 5) is 17.7. The molecular weight excluding hydrogens is 243 g/mol. The van der Waals surface area contributed by atoms with Gasteiger partial charge < -0.3 is 4.90 Å². The fourth-order valence-electron chi connectivity index (χ4n) is 2.68. The highest BCUT2D eigenvalue weighted by molar-refractivity contribution is 5.99. The van der Waals surface area contributed by atoms with Gasteiger partial charge in [-0.2, -0.15) is 0 Å². The van der Waals surface area contributed by atoms with Gasteiger partial charge in [-0.3, -0.25) is 9.78 Å². The van der Waals surface area contributed by atoms with Gasteiger partial charge in [-0.15, -0.1) is 0 Å². The molecule has 0 saturated carbocycles. The Balaban J connectivity index is 2.27. The van der Waals surface area contributed by atoms with Crippen molar-refractivity contribution >= 4 is 11.5 Å². The number of carbonyl (C=O) groups is 1. The molecule has 0 bridgehead atoms. The molecule has 0 amide bonds. The SMILES string of the molecule is CC(=O)c1c(F)cncc1N1CCCCCCCC1. The smallest absolute Gasteiger partial charge is 0.164 e. The van der Waals surface area contributed by atoms with Crippen LogP contribution in [-0.2, 0) is 0 Å². The highest BCUT2D eigenvalue weighted by atomic mass is 19.1. The van der Waals surface area contributed by atoms with Crippen molar-refractivity contribution < 1.29 is 9.18 Å². The molecule has 1 saturated heterocycles. The van der Waals surface area contributed by atoms with Crippen LogP contribution >= 0.6 is 0 Å². The van der Waals surface area contributed by atoms with Crippen molar-refractivity contribution in [3.8, 4) is 0 Å². The molecule has 1 aliphatic rings. The van der Waals surface area contributed by atoms with Gasteiger partial charge in [0.15, 0.2) is 11.6 Å². The summed E-state index contributed by atoms with van der Waals surface area (Å²) in [7, 11) is 0. The number of hydrogen-bond acceptors (Lipinski definition) is 3. The summed E-state index contributed by atoms with van der Waals surface area (Å²) in [5.74, 6) is -0.736. The van der Waals surface area contributed by atoms with E-state index in [1.165, 1.54) is 32.6 Å². The molecule has 1 aromatic heterocycles. The summed E-state index contributed by atoms with van der Waals surface area (Å²) in [6.45, 7) is 3.18. The van der Waals surface area contributed by atoms with Crippen molar-refractivity contribution in [3.63, 3.8) is 0 Å². The minimum atomic E-state index is -0.509. The average Bonchev–Trinajstić information content (AvgIpc) is 2.51. The van der Waals surface area contributed by atoms with Gasteiger partial charge in [0.2, 0.25) is 0 Å². The molecule has 0 N–H and O–H groups in total. The lowest BCUT2D eigenvalue weighted by Gasteiger charge is -2.25. The fraction of sp³-hybridized carbons (Fsp3) is 0.600. The van der Waals surface area contributed by atoms with Crippen LogP contribution in [0.15, 0.2) is 12.4 Å². The predicted octanol–water partition coefficient (Wildman–Crippen LogP) is 3.58. The van der Waals surface area contributed by atoms with E-state index < -0.39 is 5.82 Å². The maximum absolute atomic E-state index is 13.8. The lowest BCUT2D eigenvalue weighted by atomic mass is 10.1. The molecule has 1 fully saturated rings. The van der Waals surface area contributed by atoms with Crippen LogP contribution in [0.4, 0.5) is 10.1 Å². The number of pyridine rings is 1. The van der Waals surface area contributed by atoms with Gasteiger partial charge in [0, 0.05) is 13.1 Å². The molecule has 0 unspecified atom stereocenters. The number of ketones is 1. The first-order valence-electron chi connectivity index (χ1n) is 7.09. The summed E-state index contributed by atoms with van der Waals surface area (Å²) in [5.41, 5.74) is 0.851. The number of anilines is 1. The predicted molar refractivity (Wildman–Crippen MR) is 74.1 cm³/mol. The molecule has 4 heteroatoms. The van der Waals surface area contributed by atoms with Crippen molar-refractivity contribution in [2.24, 2.45) is 0 Å². The second-order valence-corrected chi connectivity index (χ2v) is 5.18. The van der Waals surface area contributed by atoms with Crippen molar-refractivity contribution in [1.29, 1.82) is 0 Å². The molecular formula is C15H21FN2O. The maximum atomic E-state index is 13.8. The Hall–Kier alpha value is -1.45. The minimum Gasteiger partial charge on any atom is -0.370 e. The molecule has 0 spiro atoms. The summed E-state index contributed by atoms with van der Waals surface area (Å²) in [6.07, 6.45) is 9.88. The van der Waals surface area contributed by atoms with Gasteiger partial charge in [0.25, 0.3) is 0 Å². The van der Waals surface area contributed by atoms with Gasteiger partial charge in [0.05, 0.1) is 23.6 Å². The summed E-state index contributed by atoms with van der Waals surface area (Å²) >= 11 is 0. The van der Waals surface area contributed by atoms with Crippen molar-refractivity contribution in [2.45, 2.75) is 45.4 Å². The largest absolute Gasteiger partial charge is 0.370 e. The Kier molecular flexibility index (Phi) is 4.88. The van der Waals surface area contributed by atoms with Crippen LogP contribution < -0.4 is 4.90 Å². The third-order valence-corrected chi connectivity index (χ3v) is 3.68. The second kappa shape index (κ2) is 6.64. The van der Waals surface area contributed by atoms with Crippen LogP contribution in [0.5, 0.6) is 0 Å². The van der Waals surface area contributed by atoms with Crippen LogP contribution in [0.3, 0.4) is 0 Å². The zero-order valence-corrected chi connectivity index (χ0v) is 11.5. The number of hydrogen-bond donors (Lipinski definition) is 0. The quantitative estimate of drug-likeness (QED) is 0.765. The van der Waals surface area contributed by atoms with E-state index in [1.807, 2.05) is 0 Å². The Labute approximate surface area is 113 Å². The molecule has 0 aromatic carbocycles. The zero-order valence-electron chi connectivity index (χ0n) is 11.5. The summed E-state index contributed by atoms with van der Waals surface area (Å²) in [6, 6.07) is 0. The third kappa shape index (κ3) is 3.52. The molecule has 0 atom stereocenters. The number of nitrogens with zero attached hydrogens (tertiary/aromatic N) is 2. The topological polar surface area (TPSA) is 33.2 Å². The minimum absolute atomic E-state index is 0.189. The molecule has 0 aliphatic carbocycles.